The summed E-state index contributed by atoms with van der Waals surface area (Å²) in [6, 6.07) is 113. The Hall–Kier alpha value is -12.4. The fraction of sp³-hybridized carbons (Fsp3) is 0. The molecule has 5 aromatic heterocycles. The predicted molar refractivity (Wildman–Crippen MR) is 371 cm³/mol. The molecule has 0 aliphatic carbocycles. The Morgan fingerprint density at radius 2 is 0.556 bits per heavy atom. The van der Waals surface area contributed by atoms with Crippen LogP contribution in [0.5, 0.6) is 0 Å². The first-order chi connectivity index (χ1) is 44.6. The lowest BCUT2D eigenvalue weighted by atomic mass is 10.0. The van der Waals surface area contributed by atoms with Crippen molar-refractivity contribution in [1.82, 2.24) is 28.2 Å². The van der Waals surface area contributed by atoms with Crippen molar-refractivity contribution in [2.45, 2.75) is 0 Å². The van der Waals surface area contributed by atoms with Crippen LogP contribution in [0.25, 0.3) is 166 Å². The summed E-state index contributed by atoms with van der Waals surface area (Å²) in [6.45, 7) is 0. The summed E-state index contributed by atoms with van der Waals surface area (Å²) in [5.74, 6) is 0.542. The molecule has 0 bridgehead atoms. The minimum atomic E-state index is 0.542. The van der Waals surface area contributed by atoms with Crippen molar-refractivity contribution in [3.8, 4) is 85.0 Å². The van der Waals surface area contributed by atoms with Gasteiger partial charge in [-0.2, -0.15) is 5.26 Å². The third-order valence-electron chi connectivity index (χ3n) is 18.2. The summed E-state index contributed by atoms with van der Waals surface area (Å²) < 4.78 is 9.46. The molecule has 0 unspecified atom stereocenters. The zero-order chi connectivity index (χ0) is 59.4. The Bertz CT molecular complexity index is 5980. The Morgan fingerprint density at radius 1 is 0.222 bits per heavy atom. The first kappa shape index (κ1) is 50.9. The Kier molecular flexibility index (Phi) is 11.5. The quantitative estimate of drug-likeness (QED) is 0.145. The molecule has 7 heteroatoms. The molecular weight excluding hydrogens is 1090 g/mol. The van der Waals surface area contributed by atoms with E-state index in [9.17, 15) is 5.26 Å². The van der Waals surface area contributed by atoms with E-state index in [1.54, 1.807) is 0 Å². The molecule has 418 valence electrons. The Balaban J connectivity index is 0.713. The van der Waals surface area contributed by atoms with Gasteiger partial charge in [0.1, 0.15) is 0 Å². The van der Waals surface area contributed by atoms with Crippen LogP contribution in [0.4, 0.5) is 0 Å². The molecule has 18 rings (SSSR count). The van der Waals surface area contributed by atoms with E-state index in [-0.39, 0.29) is 0 Å². The Labute approximate surface area is 517 Å². The van der Waals surface area contributed by atoms with Crippen molar-refractivity contribution in [2.24, 2.45) is 0 Å². The molecule has 7 nitrogen and oxygen atoms in total. The zero-order valence-electron chi connectivity index (χ0n) is 48.6. The van der Waals surface area contributed by atoms with E-state index in [0.29, 0.717) is 11.4 Å². The van der Waals surface area contributed by atoms with Crippen molar-refractivity contribution < 1.29 is 0 Å². The van der Waals surface area contributed by atoms with Crippen molar-refractivity contribution in [3.63, 3.8) is 0 Å². The van der Waals surface area contributed by atoms with Crippen molar-refractivity contribution >= 4 is 87.2 Å². The molecule has 90 heavy (non-hydrogen) atoms. The molecule has 0 aliphatic rings. The number of para-hydroxylation sites is 6. The molecule has 0 N–H and O–H groups in total. The van der Waals surface area contributed by atoms with Gasteiger partial charge in [0.15, 0.2) is 5.82 Å². The number of hydrogen-bond donors (Lipinski definition) is 0. The highest BCUT2D eigenvalue weighted by Gasteiger charge is 2.21. The fourth-order valence-corrected chi connectivity index (χ4v) is 14.1. The summed E-state index contributed by atoms with van der Waals surface area (Å²) in [6.07, 6.45) is 0. The molecule has 0 amide bonds. The van der Waals surface area contributed by atoms with E-state index in [2.05, 4.69) is 309 Å². The maximum atomic E-state index is 10.0. The standard InChI is InChI=1S/C83H51N7/c84-52-53-17-15-19-60(45-53)83-85-73(54-33-39-63(40-34-54)89-77-31-13-9-27-67(77)71-49-57(37-43-81(71)89)55-35-41-79-69(47-55)65-25-7-11-29-75(65)87(79)61-20-3-1-4-21-61)51-74(86-83)59-18-16-24-64(46-59)90-78-32-14-10-28-68(78)72-50-58(38-44-82(72)90)56-36-42-80-70(48-56)66-26-8-12-30-76(66)88(80)62-22-5-2-6-23-62/h1-51H. The van der Waals surface area contributed by atoms with Gasteiger partial charge in [-0.3, -0.25) is 0 Å². The van der Waals surface area contributed by atoms with Gasteiger partial charge in [0.25, 0.3) is 0 Å². The molecule has 0 saturated carbocycles. The molecule has 0 aliphatic heterocycles. The molecule has 0 spiro atoms. The molecule has 0 saturated heterocycles. The molecular formula is C83H51N7. The predicted octanol–water partition coefficient (Wildman–Crippen LogP) is 21.1. The Morgan fingerprint density at radius 3 is 0.989 bits per heavy atom. The van der Waals surface area contributed by atoms with Crippen LogP contribution in [0.15, 0.2) is 309 Å². The molecule has 0 fully saturated rings. The highest BCUT2D eigenvalue weighted by Crippen LogP contribution is 2.42. The minimum absolute atomic E-state index is 0.542. The minimum Gasteiger partial charge on any atom is -0.309 e. The van der Waals surface area contributed by atoms with Gasteiger partial charge >= 0.3 is 0 Å². The number of fused-ring (bicyclic) bond motifs is 12. The van der Waals surface area contributed by atoms with Crippen molar-refractivity contribution in [2.75, 3.05) is 0 Å². The van der Waals surface area contributed by atoms with Gasteiger partial charge in [-0.25, -0.2) is 9.97 Å². The van der Waals surface area contributed by atoms with Crippen LogP contribution in [-0.4, -0.2) is 28.2 Å². The first-order valence-corrected chi connectivity index (χ1v) is 30.4. The second-order valence-corrected chi connectivity index (χ2v) is 23.3. The van der Waals surface area contributed by atoms with Crippen LogP contribution in [0.2, 0.25) is 0 Å². The zero-order valence-corrected chi connectivity index (χ0v) is 48.6. The van der Waals surface area contributed by atoms with E-state index in [0.717, 1.165) is 78.5 Å². The summed E-state index contributed by atoms with van der Waals surface area (Å²) in [5.41, 5.74) is 23.0. The van der Waals surface area contributed by atoms with E-state index >= 15 is 0 Å². The largest absolute Gasteiger partial charge is 0.309 e. The van der Waals surface area contributed by atoms with E-state index < -0.39 is 0 Å². The van der Waals surface area contributed by atoms with Crippen LogP contribution < -0.4 is 0 Å². The number of nitrogens with zero attached hydrogens (tertiary/aromatic N) is 7. The average Bonchev–Trinajstić information content (AvgIpc) is 1.74. The van der Waals surface area contributed by atoms with Gasteiger partial charge in [0.2, 0.25) is 0 Å². The molecule has 18 aromatic rings. The number of benzene rings is 13. The van der Waals surface area contributed by atoms with Crippen LogP contribution in [-0.2, 0) is 0 Å². The molecule has 0 radical (unpaired) electrons. The first-order valence-electron chi connectivity index (χ1n) is 30.4. The maximum Gasteiger partial charge on any atom is 0.160 e. The highest BCUT2D eigenvalue weighted by molar-refractivity contribution is 6.15. The fourth-order valence-electron chi connectivity index (χ4n) is 14.1. The SMILES string of the molecule is N#Cc1cccc(-c2nc(-c3ccc(-n4c5ccccc5c5cc(-c6ccc7c(c6)c6ccccc6n7-c6ccccc6)ccc54)cc3)cc(-c3cccc(-n4c5ccccc5c5cc(-c6ccc7c(c6)c6ccccc6n7-c6ccccc6)ccc54)c3)n2)c1. The lowest BCUT2D eigenvalue weighted by Gasteiger charge is -2.13. The third-order valence-corrected chi connectivity index (χ3v) is 18.2. The average molecular weight is 1150 g/mol. The van der Waals surface area contributed by atoms with Gasteiger partial charge < -0.3 is 18.3 Å². The van der Waals surface area contributed by atoms with E-state index in [4.69, 9.17) is 9.97 Å². The lowest BCUT2D eigenvalue weighted by molar-refractivity contribution is 1.16. The van der Waals surface area contributed by atoms with Crippen LogP contribution in [0.1, 0.15) is 5.56 Å². The maximum absolute atomic E-state index is 10.0. The van der Waals surface area contributed by atoms with E-state index in [1.165, 1.54) is 81.8 Å². The normalized spacial score (nSPS) is 11.8. The van der Waals surface area contributed by atoms with Gasteiger partial charge in [-0.15, -0.1) is 0 Å². The molecule has 5 heterocycles. The van der Waals surface area contributed by atoms with Crippen LogP contribution >= 0.6 is 0 Å². The number of hydrogen-bond acceptors (Lipinski definition) is 3. The van der Waals surface area contributed by atoms with Crippen LogP contribution in [0, 0.1) is 11.3 Å². The summed E-state index contributed by atoms with van der Waals surface area (Å²) in [5, 5.41) is 19.7. The number of nitriles is 1. The van der Waals surface area contributed by atoms with E-state index in [1.807, 2.05) is 24.3 Å². The summed E-state index contributed by atoms with van der Waals surface area (Å²) in [4.78, 5) is 10.5. The lowest BCUT2D eigenvalue weighted by Crippen LogP contribution is -1.98. The van der Waals surface area contributed by atoms with Gasteiger partial charge in [0, 0.05) is 82.5 Å². The number of aromatic nitrogens is 6. The monoisotopic (exact) mass is 1150 g/mol. The van der Waals surface area contributed by atoms with Gasteiger partial charge in [-0.1, -0.05) is 170 Å². The second-order valence-electron chi connectivity index (χ2n) is 23.3. The second kappa shape index (κ2) is 20.4. The van der Waals surface area contributed by atoms with Crippen LogP contribution in [0.3, 0.4) is 0 Å². The smallest absolute Gasteiger partial charge is 0.160 e. The van der Waals surface area contributed by atoms with Crippen molar-refractivity contribution in [3.05, 3.63) is 315 Å². The van der Waals surface area contributed by atoms with Crippen molar-refractivity contribution in [1.29, 1.82) is 5.26 Å². The number of rotatable bonds is 9. The third kappa shape index (κ3) is 8.13. The highest BCUT2D eigenvalue weighted by atomic mass is 15.0. The molecule has 13 aromatic carbocycles. The molecule has 0 atom stereocenters. The summed E-state index contributed by atoms with van der Waals surface area (Å²) >= 11 is 0. The van der Waals surface area contributed by atoms with Gasteiger partial charge in [0.05, 0.1) is 67.2 Å². The summed E-state index contributed by atoms with van der Waals surface area (Å²) in [7, 11) is 0. The topological polar surface area (TPSA) is 69.3 Å². The van der Waals surface area contributed by atoms with Gasteiger partial charge in [-0.05, 0) is 162 Å².